The predicted octanol–water partition coefficient (Wildman–Crippen LogP) is 3.31. The van der Waals surface area contributed by atoms with E-state index >= 15 is 0 Å². The number of fused-ring (bicyclic) bond motifs is 1. The van der Waals surface area contributed by atoms with Crippen molar-refractivity contribution >= 4 is 11.6 Å². The fourth-order valence-electron chi connectivity index (χ4n) is 2.45. The second-order valence-electron chi connectivity index (χ2n) is 5.10. The van der Waals surface area contributed by atoms with Gasteiger partial charge in [0, 0.05) is 23.0 Å². The molecule has 0 fully saturated rings. The first-order valence-corrected chi connectivity index (χ1v) is 6.90. The first kappa shape index (κ1) is 15.9. The summed E-state index contributed by atoms with van der Waals surface area (Å²) in [6.07, 6.45) is -3.21. The zero-order valence-electron chi connectivity index (χ0n) is 12.5. The summed E-state index contributed by atoms with van der Waals surface area (Å²) in [5.74, 6) is -0.952. The van der Waals surface area contributed by atoms with Crippen LogP contribution in [0.15, 0.2) is 42.6 Å². The molecule has 24 heavy (non-hydrogen) atoms. The number of primary amides is 1. The largest absolute Gasteiger partial charge is 0.573 e. The predicted molar refractivity (Wildman–Crippen MR) is 80.6 cm³/mol. The summed E-state index contributed by atoms with van der Waals surface area (Å²) in [6, 6.07) is 8.75. The minimum Gasteiger partial charge on any atom is -0.405 e. The van der Waals surface area contributed by atoms with Crippen molar-refractivity contribution in [1.82, 2.24) is 9.38 Å². The molecule has 2 N–H and O–H groups in total. The highest BCUT2D eigenvalue weighted by Gasteiger charge is 2.32. The number of halogens is 3. The Bertz CT molecular complexity index is 932. The molecule has 5 nitrogen and oxygen atoms in total. The maximum atomic E-state index is 12.6. The van der Waals surface area contributed by atoms with Gasteiger partial charge in [-0.05, 0) is 31.2 Å². The van der Waals surface area contributed by atoms with Gasteiger partial charge in [0.1, 0.15) is 11.4 Å². The van der Waals surface area contributed by atoms with Gasteiger partial charge >= 0.3 is 6.36 Å². The third-order valence-electron chi connectivity index (χ3n) is 3.52. The number of aromatic nitrogens is 2. The molecule has 3 aromatic rings. The molecule has 0 aliphatic rings. The Morgan fingerprint density at radius 3 is 2.62 bits per heavy atom. The summed E-state index contributed by atoms with van der Waals surface area (Å²) >= 11 is 0. The van der Waals surface area contributed by atoms with Crippen LogP contribution in [-0.4, -0.2) is 21.7 Å². The fourth-order valence-corrected chi connectivity index (χ4v) is 2.45. The first-order valence-electron chi connectivity index (χ1n) is 6.90. The number of alkyl halides is 3. The molecule has 0 aliphatic heterocycles. The molecule has 3 rings (SSSR count). The van der Waals surface area contributed by atoms with Gasteiger partial charge in [-0.25, -0.2) is 4.98 Å². The number of nitrogens with two attached hydrogens (primary N) is 1. The van der Waals surface area contributed by atoms with E-state index in [9.17, 15) is 18.0 Å². The van der Waals surface area contributed by atoms with Crippen molar-refractivity contribution in [3.05, 3.63) is 53.9 Å². The lowest BCUT2D eigenvalue weighted by atomic mass is 10.1. The standard InChI is InChI=1S/C16H12F3N3O2/c1-9-14(11-4-2-3-5-12(11)24-16(17,18)19)21-13-8-10(15(20)23)6-7-22(9)13/h2-8H,1H3,(H2,20,23). The summed E-state index contributed by atoms with van der Waals surface area (Å²) in [7, 11) is 0. The lowest BCUT2D eigenvalue weighted by Crippen LogP contribution is -2.17. The molecule has 1 aromatic carbocycles. The van der Waals surface area contributed by atoms with E-state index in [-0.39, 0.29) is 16.9 Å². The molecule has 1 amide bonds. The minimum atomic E-state index is -4.80. The number of amides is 1. The monoisotopic (exact) mass is 335 g/mol. The van der Waals surface area contributed by atoms with E-state index in [1.165, 1.54) is 30.3 Å². The Labute approximate surface area is 134 Å². The highest BCUT2D eigenvalue weighted by Crippen LogP contribution is 2.35. The van der Waals surface area contributed by atoms with Gasteiger partial charge in [-0.2, -0.15) is 0 Å². The van der Waals surface area contributed by atoms with E-state index in [0.29, 0.717) is 17.0 Å². The number of ether oxygens (including phenoxy) is 1. The first-order chi connectivity index (χ1) is 11.3. The maximum absolute atomic E-state index is 12.6. The molecule has 0 spiro atoms. The second kappa shape index (κ2) is 5.55. The number of hydrogen-bond donors (Lipinski definition) is 1. The number of imidazole rings is 1. The summed E-state index contributed by atoms with van der Waals surface area (Å²) in [5.41, 5.74) is 7.05. The third-order valence-corrected chi connectivity index (χ3v) is 3.52. The van der Waals surface area contributed by atoms with Crippen LogP contribution >= 0.6 is 0 Å². The molecule has 8 heteroatoms. The van der Waals surface area contributed by atoms with Gasteiger partial charge in [0.2, 0.25) is 5.91 Å². The van der Waals surface area contributed by atoms with Crippen molar-refractivity contribution in [3.63, 3.8) is 0 Å². The van der Waals surface area contributed by atoms with Crippen LogP contribution in [0.4, 0.5) is 13.2 Å². The van der Waals surface area contributed by atoms with Crippen LogP contribution in [0, 0.1) is 6.92 Å². The Hall–Kier alpha value is -3.03. The minimum absolute atomic E-state index is 0.205. The smallest absolute Gasteiger partial charge is 0.405 e. The maximum Gasteiger partial charge on any atom is 0.573 e. The summed E-state index contributed by atoms with van der Waals surface area (Å²) < 4.78 is 43.5. The van der Waals surface area contributed by atoms with E-state index in [1.807, 2.05) is 0 Å². The number of carbonyl (C=O) groups excluding carboxylic acids is 1. The van der Waals surface area contributed by atoms with Gasteiger partial charge in [0.05, 0.1) is 5.69 Å². The van der Waals surface area contributed by atoms with E-state index in [1.54, 1.807) is 23.6 Å². The Kier molecular flexibility index (Phi) is 3.67. The number of nitrogens with zero attached hydrogens (tertiary/aromatic N) is 2. The summed E-state index contributed by atoms with van der Waals surface area (Å²) in [6.45, 7) is 1.71. The number of rotatable bonds is 3. The molecule has 0 saturated carbocycles. The molecule has 0 unspecified atom stereocenters. The molecule has 124 valence electrons. The second-order valence-corrected chi connectivity index (χ2v) is 5.10. The SMILES string of the molecule is Cc1c(-c2ccccc2OC(F)(F)F)nc2cc(C(N)=O)ccn12. The quantitative estimate of drug-likeness (QED) is 0.798. The van der Waals surface area contributed by atoms with Crippen molar-refractivity contribution in [2.75, 3.05) is 0 Å². The Morgan fingerprint density at radius 2 is 1.96 bits per heavy atom. The molecule has 0 aliphatic carbocycles. The number of pyridine rings is 1. The lowest BCUT2D eigenvalue weighted by Gasteiger charge is -2.12. The average Bonchev–Trinajstić information content (AvgIpc) is 2.82. The topological polar surface area (TPSA) is 69.6 Å². The van der Waals surface area contributed by atoms with Crippen LogP contribution in [0.2, 0.25) is 0 Å². The van der Waals surface area contributed by atoms with E-state index < -0.39 is 12.3 Å². The van der Waals surface area contributed by atoms with E-state index in [2.05, 4.69) is 9.72 Å². The summed E-state index contributed by atoms with van der Waals surface area (Å²) in [4.78, 5) is 15.6. The van der Waals surface area contributed by atoms with E-state index in [0.717, 1.165) is 0 Å². The molecular weight excluding hydrogens is 323 g/mol. The van der Waals surface area contributed by atoms with Crippen molar-refractivity contribution < 1.29 is 22.7 Å². The molecule has 2 aromatic heterocycles. The molecule has 0 atom stereocenters. The van der Waals surface area contributed by atoms with Gasteiger partial charge in [0.25, 0.3) is 0 Å². The normalized spacial score (nSPS) is 11.7. The third kappa shape index (κ3) is 2.90. The van der Waals surface area contributed by atoms with Gasteiger partial charge in [0.15, 0.2) is 0 Å². The molecular formula is C16H12F3N3O2. The van der Waals surface area contributed by atoms with E-state index in [4.69, 9.17) is 5.73 Å². The van der Waals surface area contributed by atoms with Gasteiger partial charge in [-0.15, -0.1) is 13.2 Å². The Balaban J connectivity index is 2.17. The van der Waals surface area contributed by atoms with Crippen LogP contribution in [0.25, 0.3) is 16.9 Å². The molecule has 0 bridgehead atoms. The average molecular weight is 335 g/mol. The van der Waals surface area contributed by atoms with Crippen molar-refractivity contribution in [2.45, 2.75) is 13.3 Å². The Morgan fingerprint density at radius 1 is 1.25 bits per heavy atom. The van der Waals surface area contributed by atoms with Gasteiger partial charge in [-0.1, -0.05) is 12.1 Å². The fraction of sp³-hybridized carbons (Fsp3) is 0.125. The zero-order chi connectivity index (χ0) is 17.5. The summed E-state index contributed by atoms with van der Waals surface area (Å²) in [5, 5.41) is 0. The number of para-hydroxylation sites is 1. The zero-order valence-corrected chi connectivity index (χ0v) is 12.5. The number of hydrogen-bond acceptors (Lipinski definition) is 3. The van der Waals surface area contributed by atoms with Crippen LogP contribution in [-0.2, 0) is 0 Å². The van der Waals surface area contributed by atoms with Crippen LogP contribution in [0.3, 0.4) is 0 Å². The van der Waals surface area contributed by atoms with Crippen molar-refractivity contribution in [3.8, 4) is 17.0 Å². The lowest BCUT2D eigenvalue weighted by molar-refractivity contribution is -0.274. The highest BCUT2D eigenvalue weighted by molar-refractivity contribution is 5.93. The van der Waals surface area contributed by atoms with Crippen LogP contribution in [0.5, 0.6) is 5.75 Å². The molecule has 0 radical (unpaired) electrons. The van der Waals surface area contributed by atoms with Crippen LogP contribution in [0.1, 0.15) is 16.1 Å². The number of benzene rings is 1. The van der Waals surface area contributed by atoms with Gasteiger partial charge < -0.3 is 14.9 Å². The molecule has 2 heterocycles. The highest BCUT2D eigenvalue weighted by atomic mass is 19.4. The molecule has 0 saturated heterocycles. The number of aryl methyl sites for hydroxylation is 1. The van der Waals surface area contributed by atoms with Gasteiger partial charge in [-0.3, -0.25) is 4.79 Å². The van der Waals surface area contributed by atoms with Crippen molar-refractivity contribution in [1.29, 1.82) is 0 Å². The van der Waals surface area contributed by atoms with Crippen LogP contribution < -0.4 is 10.5 Å². The van der Waals surface area contributed by atoms with Crippen molar-refractivity contribution in [2.24, 2.45) is 5.73 Å². The number of carbonyl (C=O) groups is 1.